The summed E-state index contributed by atoms with van der Waals surface area (Å²) in [7, 11) is 4.54. The fourth-order valence-electron chi connectivity index (χ4n) is 3.71. The number of hydrogen-bond acceptors (Lipinski definition) is 8. The van der Waals surface area contributed by atoms with Gasteiger partial charge < -0.3 is 29.3 Å². The molecule has 0 fully saturated rings. The molecule has 36 heavy (non-hydrogen) atoms. The molecule has 0 aliphatic heterocycles. The Labute approximate surface area is 209 Å². The summed E-state index contributed by atoms with van der Waals surface area (Å²) in [4.78, 5) is 31.5. The number of benzene rings is 2. The summed E-state index contributed by atoms with van der Waals surface area (Å²) < 4.78 is 21.3. The number of carbonyl (C=O) groups is 2. The summed E-state index contributed by atoms with van der Waals surface area (Å²) >= 11 is 1.28. The number of carbonyl (C=O) groups excluding carboxylic acids is 2. The van der Waals surface area contributed by atoms with Gasteiger partial charge in [-0.25, -0.2) is 4.98 Å². The predicted molar refractivity (Wildman–Crippen MR) is 138 cm³/mol. The zero-order chi connectivity index (χ0) is 25.2. The average molecular weight is 504 g/mol. The molecule has 0 saturated carbocycles. The van der Waals surface area contributed by atoms with Gasteiger partial charge in [-0.05, 0) is 36.4 Å². The van der Waals surface area contributed by atoms with E-state index in [0.717, 1.165) is 21.1 Å². The molecule has 2 aromatic carbocycles. The number of ether oxygens (including phenoxy) is 3. The quantitative estimate of drug-likeness (QED) is 0.298. The van der Waals surface area contributed by atoms with Gasteiger partial charge in [0.15, 0.2) is 5.76 Å². The van der Waals surface area contributed by atoms with Crippen LogP contribution in [0.4, 0.5) is 11.4 Å². The molecule has 0 aliphatic rings. The minimum atomic E-state index is -0.445. The summed E-state index contributed by atoms with van der Waals surface area (Å²) in [5, 5.41) is 7.41. The first kappa shape index (κ1) is 23.2. The first-order chi connectivity index (χ1) is 17.5. The zero-order valence-corrected chi connectivity index (χ0v) is 20.4. The molecular weight excluding hydrogens is 482 g/mol. The standard InChI is InChI=1S/C26H21N3O6S/c1-32-16-7-6-14-9-15-10-23(36-26(15)29-17(14)11-16)25(31)28-19-13-21(33-2)18(12-22(19)34-3)27-24(30)20-5-4-8-35-20/h4-13H,1-3H3,(H,27,30)(H,28,31). The van der Waals surface area contributed by atoms with Crippen LogP contribution >= 0.6 is 11.3 Å². The fourth-order valence-corrected chi connectivity index (χ4v) is 4.63. The van der Waals surface area contributed by atoms with Crippen LogP contribution in [0.1, 0.15) is 20.2 Å². The van der Waals surface area contributed by atoms with Crippen molar-refractivity contribution in [1.29, 1.82) is 0 Å². The van der Waals surface area contributed by atoms with Crippen molar-refractivity contribution < 1.29 is 28.2 Å². The highest BCUT2D eigenvalue weighted by Crippen LogP contribution is 2.37. The number of thiophene rings is 1. The number of nitrogens with one attached hydrogen (secondary N) is 2. The molecular formula is C26H21N3O6S. The van der Waals surface area contributed by atoms with Crippen LogP contribution in [0.25, 0.3) is 21.1 Å². The molecule has 5 rings (SSSR count). The van der Waals surface area contributed by atoms with Crippen LogP contribution in [0.3, 0.4) is 0 Å². The molecule has 2 amide bonds. The van der Waals surface area contributed by atoms with Gasteiger partial charge in [-0.3, -0.25) is 9.59 Å². The third-order valence-electron chi connectivity index (χ3n) is 5.50. The number of aromatic nitrogens is 1. The minimum absolute atomic E-state index is 0.151. The lowest BCUT2D eigenvalue weighted by Crippen LogP contribution is -2.14. The second kappa shape index (κ2) is 9.59. The van der Waals surface area contributed by atoms with Crippen molar-refractivity contribution in [3.8, 4) is 17.2 Å². The van der Waals surface area contributed by atoms with Crippen molar-refractivity contribution >= 4 is 55.6 Å². The van der Waals surface area contributed by atoms with Crippen LogP contribution in [-0.2, 0) is 0 Å². The second-order valence-corrected chi connectivity index (χ2v) is 8.72. The molecule has 0 unspecified atom stereocenters. The van der Waals surface area contributed by atoms with Gasteiger partial charge >= 0.3 is 0 Å². The average Bonchev–Trinajstić information content (AvgIpc) is 3.57. The Kier molecular flexibility index (Phi) is 6.17. The van der Waals surface area contributed by atoms with Gasteiger partial charge in [-0.15, -0.1) is 11.3 Å². The van der Waals surface area contributed by atoms with E-state index in [1.54, 1.807) is 37.4 Å². The number of anilines is 2. The lowest BCUT2D eigenvalue weighted by molar-refractivity contribution is 0.0994. The molecule has 0 spiro atoms. The second-order valence-electron chi connectivity index (χ2n) is 7.69. The Morgan fingerprint density at radius 2 is 1.56 bits per heavy atom. The van der Waals surface area contributed by atoms with E-state index in [1.807, 2.05) is 24.3 Å². The van der Waals surface area contributed by atoms with E-state index in [0.29, 0.717) is 33.5 Å². The smallest absolute Gasteiger partial charge is 0.291 e. The van der Waals surface area contributed by atoms with Gasteiger partial charge in [-0.1, -0.05) is 0 Å². The normalized spacial score (nSPS) is 10.9. The number of hydrogen-bond donors (Lipinski definition) is 2. The minimum Gasteiger partial charge on any atom is -0.497 e. The van der Waals surface area contributed by atoms with Gasteiger partial charge in [0.05, 0.1) is 49.4 Å². The molecule has 182 valence electrons. The molecule has 10 heteroatoms. The molecule has 3 heterocycles. The van der Waals surface area contributed by atoms with Crippen molar-refractivity contribution in [2.75, 3.05) is 32.0 Å². The molecule has 0 bridgehead atoms. The number of fused-ring (bicyclic) bond motifs is 2. The molecule has 0 aliphatic carbocycles. The van der Waals surface area contributed by atoms with Crippen LogP contribution in [0.15, 0.2) is 65.3 Å². The Balaban J connectivity index is 1.43. The number of amides is 2. The Morgan fingerprint density at radius 1 is 0.833 bits per heavy atom. The highest BCUT2D eigenvalue weighted by molar-refractivity contribution is 7.20. The lowest BCUT2D eigenvalue weighted by atomic mass is 10.2. The highest BCUT2D eigenvalue weighted by atomic mass is 32.1. The summed E-state index contributed by atoms with van der Waals surface area (Å²) in [6.07, 6.45) is 1.41. The number of nitrogens with zero attached hydrogens (tertiary/aromatic N) is 1. The summed E-state index contributed by atoms with van der Waals surface area (Å²) in [6, 6.07) is 15.8. The zero-order valence-electron chi connectivity index (χ0n) is 19.6. The first-order valence-corrected chi connectivity index (χ1v) is 11.6. The van der Waals surface area contributed by atoms with Crippen LogP contribution < -0.4 is 24.8 Å². The maximum absolute atomic E-state index is 13.1. The van der Waals surface area contributed by atoms with E-state index < -0.39 is 5.91 Å². The van der Waals surface area contributed by atoms with E-state index in [4.69, 9.17) is 18.6 Å². The van der Waals surface area contributed by atoms with Crippen LogP contribution in [0.2, 0.25) is 0 Å². The van der Waals surface area contributed by atoms with Gasteiger partial charge in [0, 0.05) is 29.0 Å². The van der Waals surface area contributed by atoms with Gasteiger partial charge in [-0.2, -0.15) is 0 Å². The van der Waals surface area contributed by atoms with E-state index >= 15 is 0 Å². The predicted octanol–water partition coefficient (Wildman–Crippen LogP) is 5.57. The SMILES string of the molecule is COc1ccc2cc3cc(C(=O)Nc4cc(OC)c(NC(=O)c5ccco5)cc4OC)sc3nc2c1. The summed E-state index contributed by atoms with van der Waals surface area (Å²) in [5.74, 6) is 0.777. The number of pyridine rings is 1. The van der Waals surface area contributed by atoms with Crippen molar-refractivity contribution in [1.82, 2.24) is 4.98 Å². The molecule has 3 aromatic heterocycles. The number of rotatable bonds is 7. The molecule has 9 nitrogen and oxygen atoms in total. The van der Waals surface area contributed by atoms with E-state index in [2.05, 4.69) is 15.6 Å². The number of methoxy groups -OCH3 is 3. The lowest BCUT2D eigenvalue weighted by Gasteiger charge is -2.15. The maximum atomic E-state index is 13.1. The Bertz CT molecular complexity index is 1590. The summed E-state index contributed by atoms with van der Waals surface area (Å²) in [5.41, 5.74) is 1.53. The van der Waals surface area contributed by atoms with Crippen LogP contribution in [-0.4, -0.2) is 38.1 Å². The van der Waals surface area contributed by atoms with Gasteiger partial charge in [0.25, 0.3) is 11.8 Å². The topological polar surface area (TPSA) is 112 Å². The first-order valence-electron chi connectivity index (χ1n) is 10.8. The van der Waals surface area contributed by atoms with Crippen molar-refractivity contribution in [2.24, 2.45) is 0 Å². The molecule has 0 atom stereocenters. The van der Waals surface area contributed by atoms with Crippen LogP contribution in [0, 0.1) is 0 Å². The van der Waals surface area contributed by atoms with Gasteiger partial charge in [0.2, 0.25) is 0 Å². The monoisotopic (exact) mass is 503 g/mol. The third kappa shape index (κ3) is 4.41. The Hall–Kier alpha value is -4.57. The third-order valence-corrected chi connectivity index (χ3v) is 6.54. The fraction of sp³-hybridized carbons (Fsp3) is 0.115. The number of furan rings is 1. The van der Waals surface area contributed by atoms with E-state index in [1.165, 1.54) is 31.8 Å². The van der Waals surface area contributed by atoms with E-state index in [-0.39, 0.29) is 11.7 Å². The highest BCUT2D eigenvalue weighted by Gasteiger charge is 2.19. The van der Waals surface area contributed by atoms with Crippen molar-refractivity contribution in [3.63, 3.8) is 0 Å². The van der Waals surface area contributed by atoms with Gasteiger partial charge in [0.1, 0.15) is 22.1 Å². The molecule has 0 saturated heterocycles. The molecule has 5 aromatic rings. The molecule has 0 radical (unpaired) electrons. The van der Waals surface area contributed by atoms with E-state index in [9.17, 15) is 9.59 Å². The van der Waals surface area contributed by atoms with Crippen molar-refractivity contribution in [2.45, 2.75) is 0 Å². The largest absolute Gasteiger partial charge is 0.497 e. The van der Waals surface area contributed by atoms with Crippen molar-refractivity contribution in [3.05, 3.63) is 71.5 Å². The molecule has 2 N–H and O–H groups in total. The Morgan fingerprint density at radius 3 is 2.19 bits per heavy atom. The van der Waals surface area contributed by atoms with Crippen LogP contribution in [0.5, 0.6) is 17.2 Å². The maximum Gasteiger partial charge on any atom is 0.291 e. The summed E-state index contributed by atoms with van der Waals surface area (Å²) in [6.45, 7) is 0.